The van der Waals surface area contributed by atoms with E-state index in [2.05, 4.69) is 4.72 Å². The standard InChI is InChI=1S/C8H19NO4S/c1-3-8-14(10,11)9-4-5-13-7-6-12-2/h9H,3-8H2,1-2H3. The summed E-state index contributed by atoms with van der Waals surface area (Å²) in [7, 11) is -1.50. The van der Waals surface area contributed by atoms with Crippen molar-refractivity contribution in [2.75, 3.05) is 39.2 Å². The molecule has 0 rings (SSSR count). The molecule has 0 spiro atoms. The van der Waals surface area contributed by atoms with Crippen LogP contribution in [0, 0.1) is 0 Å². The molecule has 14 heavy (non-hydrogen) atoms. The monoisotopic (exact) mass is 225 g/mol. The number of ether oxygens (including phenoxy) is 2. The van der Waals surface area contributed by atoms with Crippen molar-refractivity contribution in [3.05, 3.63) is 0 Å². The highest BCUT2D eigenvalue weighted by molar-refractivity contribution is 7.89. The van der Waals surface area contributed by atoms with Gasteiger partial charge in [-0.2, -0.15) is 0 Å². The van der Waals surface area contributed by atoms with Crippen molar-refractivity contribution in [3.63, 3.8) is 0 Å². The molecule has 0 aliphatic rings. The van der Waals surface area contributed by atoms with Crippen LogP contribution in [0.3, 0.4) is 0 Å². The van der Waals surface area contributed by atoms with Crippen molar-refractivity contribution in [1.82, 2.24) is 4.72 Å². The van der Waals surface area contributed by atoms with Crippen LogP contribution in [0.2, 0.25) is 0 Å². The van der Waals surface area contributed by atoms with Gasteiger partial charge in [-0.3, -0.25) is 0 Å². The second-order valence-electron chi connectivity index (χ2n) is 2.82. The van der Waals surface area contributed by atoms with E-state index >= 15 is 0 Å². The van der Waals surface area contributed by atoms with Crippen molar-refractivity contribution in [2.24, 2.45) is 0 Å². The Kier molecular flexibility index (Phi) is 8.07. The first-order valence-corrected chi connectivity index (χ1v) is 6.31. The second-order valence-corrected chi connectivity index (χ2v) is 4.74. The third-order valence-electron chi connectivity index (χ3n) is 1.47. The van der Waals surface area contributed by atoms with Gasteiger partial charge in [-0.25, -0.2) is 13.1 Å². The number of methoxy groups -OCH3 is 1. The van der Waals surface area contributed by atoms with Crippen LogP contribution in [0.25, 0.3) is 0 Å². The number of hydrogen-bond acceptors (Lipinski definition) is 4. The zero-order valence-corrected chi connectivity index (χ0v) is 9.60. The molecule has 5 nitrogen and oxygen atoms in total. The van der Waals surface area contributed by atoms with E-state index < -0.39 is 10.0 Å². The van der Waals surface area contributed by atoms with E-state index in [0.29, 0.717) is 32.8 Å². The molecule has 86 valence electrons. The van der Waals surface area contributed by atoms with E-state index in [1.54, 1.807) is 7.11 Å². The van der Waals surface area contributed by atoms with Crippen LogP contribution < -0.4 is 4.72 Å². The minimum Gasteiger partial charge on any atom is -0.382 e. The molecule has 0 atom stereocenters. The lowest BCUT2D eigenvalue weighted by Gasteiger charge is -2.05. The first kappa shape index (κ1) is 13.8. The zero-order chi connectivity index (χ0) is 10.9. The first-order valence-electron chi connectivity index (χ1n) is 4.66. The number of hydrogen-bond donors (Lipinski definition) is 1. The van der Waals surface area contributed by atoms with Crippen molar-refractivity contribution >= 4 is 10.0 Å². The lowest BCUT2D eigenvalue weighted by Crippen LogP contribution is -2.29. The molecule has 0 saturated carbocycles. The second kappa shape index (κ2) is 8.16. The van der Waals surface area contributed by atoms with Gasteiger partial charge >= 0.3 is 0 Å². The lowest BCUT2D eigenvalue weighted by molar-refractivity contribution is 0.0736. The number of sulfonamides is 1. The molecule has 0 aromatic heterocycles. The molecule has 0 heterocycles. The molecule has 1 N–H and O–H groups in total. The van der Waals surface area contributed by atoms with Crippen LogP contribution in [0.5, 0.6) is 0 Å². The summed E-state index contributed by atoms with van der Waals surface area (Å²) in [5, 5.41) is 0. The van der Waals surface area contributed by atoms with Crippen molar-refractivity contribution in [3.8, 4) is 0 Å². The Morgan fingerprint density at radius 1 is 1.21 bits per heavy atom. The summed E-state index contributed by atoms with van der Waals surface area (Å²) in [6.45, 7) is 3.56. The van der Waals surface area contributed by atoms with Gasteiger partial charge in [0.15, 0.2) is 0 Å². The van der Waals surface area contributed by atoms with Crippen LogP contribution in [-0.4, -0.2) is 47.6 Å². The van der Waals surface area contributed by atoms with Gasteiger partial charge in [0.05, 0.1) is 25.6 Å². The molecule has 0 unspecified atom stereocenters. The highest BCUT2D eigenvalue weighted by atomic mass is 32.2. The fourth-order valence-electron chi connectivity index (χ4n) is 0.855. The first-order chi connectivity index (χ1) is 6.62. The minimum atomic E-state index is -3.09. The Morgan fingerprint density at radius 3 is 2.50 bits per heavy atom. The summed E-state index contributed by atoms with van der Waals surface area (Å²) in [5.74, 6) is 0.172. The Hall–Kier alpha value is -0.170. The van der Waals surface area contributed by atoms with Gasteiger partial charge in [0.25, 0.3) is 0 Å². The average Bonchev–Trinajstić information content (AvgIpc) is 2.11. The van der Waals surface area contributed by atoms with Gasteiger partial charge in [-0.1, -0.05) is 6.92 Å². The highest BCUT2D eigenvalue weighted by Gasteiger charge is 2.06. The van der Waals surface area contributed by atoms with E-state index in [9.17, 15) is 8.42 Å². The summed E-state index contributed by atoms with van der Waals surface area (Å²) < 4.78 is 34.6. The quantitative estimate of drug-likeness (QED) is 0.560. The maximum atomic E-state index is 11.1. The van der Waals surface area contributed by atoms with Gasteiger partial charge < -0.3 is 9.47 Å². The molecule has 0 fully saturated rings. The van der Waals surface area contributed by atoms with Gasteiger partial charge in [0, 0.05) is 13.7 Å². The van der Waals surface area contributed by atoms with Crippen LogP contribution in [0.1, 0.15) is 13.3 Å². The number of nitrogens with one attached hydrogen (secondary N) is 1. The summed E-state index contributed by atoms with van der Waals surface area (Å²) in [6.07, 6.45) is 0.625. The molecule has 0 radical (unpaired) electrons. The SMILES string of the molecule is CCCS(=O)(=O)NCCOCCOC. The largest absolute Gasteiger partial charge is 0.382 e. The summed E-state index contributed by atoms with van der Waals surface area (Å²) in [5.41, 5.74) is 0. The Morgan fingerprint density at radius 2 is 1.93 bits per heavy atom. The molecular formula is C8H19NO4S. The molecule has 0 aliphatic heterocycles. The molecule has 0 bridgehead atoms. The smallest absolute Gasteiger partial charge is 0.211 e. The molecule has 6 heteroatoms. The van der Waals surface area contributed by atoms with E-state index in [-0.39, 0.29) is 5.75 Å². The van der Waals surface area contributed by atoms with Crippen molar-refractivity contribution < 1.29 is 17.9 Å². The zero-order valence-electron chi connectivity index (χ0n) is 8.78. The van der Waals surface area contributed by atoms with Gasteiger partial charge in [-0.05, 0) is 6.42 Å². The van der Waals surface area contributed by atoms with Crippen LogP contribution in [-0.2, 0) is 19.5 Å². The van der Waals surface area contributed by atoms with E-state index in [1.807, 2.05) is 6.92 Å². The molecule has 0 aromatic carbocycles. The summed E-state index contributed by atoms with van der Waals surface area (Å²) in [4.78, 5) is 0. The fourth-order valence-corrected chi connectivity index (χ4v) is 1.93. The van der Waals surface area contributed by atoms with Gasteiger partial charge in [0.2, 0.25) is 10.0 Å². The molecule has 0 amide bonds. The molecule has 0 aromatic rings. The third-order valence-corrected chi connectivity index (χ3v) is 3.06. The van der Waals surface area contributed by atoms with Crippen molar-refractivity contribution in [2.45, 2.75) is 13.3 Å². The third kappa shape index (κ3) is 8.43. The normalized spacial score (nSPS) is 11.9. The lowest BCUT2D eigenvalue weighted by atomic mass is 10.6. The minimum absolute atomic E-state index is 0.172. The summed E-state index contributed by atoms with van der Waals surface area (Å²) in [6, 6.07) is 0. The van der Waals surface area contributed by atoms with E-state index in [0.717, 1.165) is 0 Å². The maximum absolute atomic E-state index is 11.1. The predicted molar refractivity (Wildman–Crippen MR) is 54.8 cm³/mol. The van der Waals surface area contributed by atoms with Crippen molar-refractivity contribution in [1.29, 1.82) is 0 Å². The Labute approximate surface area is 85.8 Å². The highest BCUT2D eigenvalue weighted by Crippen LogP contribution is 1.87. The molecule has 0 saturated heterocycles. The van der Waals surface area contributed by atoms with Crippen LogP contribution in [0.15, 0.2) is 0 Å². The van der Waals surface area contributed by atoms with Gasteiger partial charge in [-0.15, -0.1) is 0 Å². The van der Waals surface area contributed by atoms with Crippen LogP contribution in [0.4, 0.5) is 0 Å². The van der Waals surface area contributed by atoms with Crippen LogP contribution >= 0.6 is 0 Å². The predicted octanol–water partition coefficient (Wildman–Crippen LogP) is -0.0212. The Bertz CT molecular complexity index is 215. The maximum Gasteiger partial charge on any atom is 0.211 e. The molecular weight excluding hydrogens is 206 g/mol. The fraction of sp³-hybridized carbons (Fsp3) is 1.00. The summed E-state index contributed by atoms with van der Waals surface area (Å²) >= 11 is 0. The average molecular weight is 225 g/mol. The topological polar surface area (TPSA) is 64.6 Å². The Balaban J connectivity index is 3.35. The van der Waals surface area contributed by atoms with Gasteiger partial charge in [0.1, 0.15) is 0 Å². The molecule has 0 aliphatic carbocycles. The number of rotatable bonds is 9. The van der Waals surface area contributed by atoms with E-state index in [1.165, 1.54) is 0 Å². The van der Waals surface area contributed by atoms with E-state index in [4.69, 9.17) is 9.47 Å².